The molecule has 2 aromatic rings. The first kappa shape index (κ1) is 21.7. The molecule has 5 nitrogen and oxygen atoms in total. The van der Waals surface area contributed by atoms with Gasteiger partial charge in [-0.25, -0.2) is 4.98 Å². The molecule has 0 spiro atoms. The third-order valence-corrected chi connectivity index (χ3v) is 7.08. The summed E-state index contributed by atoms with van der Waals surface area (Å²) >= 11 is 6.31. The quantitative estimate of drug-likeness (QED) is 0.351. The Labute approximate surface area is 200 Å². The Bertz CT molecular complexity index is 920. The van der Waals surface area contributed by atoms with Gasteiger partial charge in [0.15, 0.2) is 5.96 Å². The van der Waals surface area contributed by atoms with Crippen molar-refractivity contribution in [2.45, 2.75) is 31.2 Å². The van der Waals surface area contributed by atoms with Crippen molar-refractivity contribution in [3.63, 3.8) is 0 Å². The summed E-state index contributed by atoms with van der Waals surface area (Å²) in [4.78, 5) is 11.2. The van der Waals surface area contributed by atoms with Gasteiger partial charge < -0.3 is 15.5 Å². The van der Waals surface area contributed by atoms with E-state index in [-0.39, 0.29) is 24.0 Å². The van der Waals surface area contributed by atoms with Gasteiger partial charge in [-0.15, -0.1) is 24.0 Å². The van der Waals surface area contributed by atoms with Crippen molar-refractivity contribution in [2.24, 2.45) is 16.8 Å². The van der Waals surface area contributed by atoms with Crippen LogP contribution >= 0.6 is 35.6 Å². The molecule has 4 unspecified atom stereocenters. The predicted molar refractivity (Wildman–Crippen MR) is 134 cm³/mol. The van der Waals surface area contributed by atoms with Crippen LogP contribution in [-0.4, -0.2) is 43.7 Å². The molecule has 2 N–H and O–H groups in total. The second-order valence-electron chi connectivity index (χ2n) is 8.43. The first-order valence-corrected chi connectivity index (χ1v) is 11.0. The third kappa shape index (κ3) is 4.26. The minimum absolute atomic E-state index is 0. The number of nitrogens with zero attached hydrogens (tertiary/aromatic N) is 3. The van der Waals surface area contributed by atoms with Gasteiger partial charge in [-0.3, -0.25) is 4.99 Å². The number of halogens is 2. The van der Waals surface area contributed by atoms with E-state index in [0.717, 1.165) is 55.6 Å². The van der Waals surface area contributed by atoms with Crippen LogP contribution in [0.2, 0.25) is 5.02 Å². The summed E-state index contributed by atoms with van der Waals surface area (Å²) < 4.78 is 0. The summed E-state index contributed by atoms with van der Waals surface area (Å²) in [6.45, 7) is 2.83. The van der Waals surface area contributed by atoms with Crippen LogP contribution in [0.25, 0.3) is 0 Å². The monoisotopic (exact) mass is 537 g/mol. The summed E-state index contributed by atoms with van der Waals surface area (Å²) in [5, 5.41) is 7.90. The van der Waals surface area contributed by atoms with Gasteiger partial charge in [-0.2, -0.15) is 0 Å². The zero-order valence-electron chi connectivity index (χ0n) is 17.2. The molecule has 0 bridgehead atoms. The number of fused-ring (bicyclic) bond motifs is 3. The summed E-state index contributed by atoms with van der Waals surface area (Å²) in [5.74, 6) is 4.08. The molecule has 4 atom stereocenters. The number of anilines is 1. The Hall–Kier alpha value is -1.54. The minimum atomic E-state index is 0. The number of aryl methyl sites for hydroxylation is 1. The maximum atomic E-state index is 6.31. The fraction of sp³-hybridized carbons (Fsp3) is 0.478. The molecule has 1 saturated carbocycles. The Kier molecular flexibility index (Phi) is 6.72. The standard InChI is InChI=1S/C23H28ClN5.HI/c1-25-23(28-16-10-12-29(14-16)22-20(24)7-4-11-26-22)27-13-19-18-9-8-15-5-2-3-6-17(15)21(18)19;/h2-7,11,16,18-19,21H,8-10,12-14H2,1H3,(H2,25,27,28);1H. The van der Waals surface area contributed by atoms with E-state index < -0.39 is 0 Å². The lowest BCUT2D eigenvalue weighted by Crippen LogP contribution is -2.45. The Morgan fingerprint density at radius 2 is 2.10 bits per heavy atom. The second-order valence-corrected chi connectivity index (χ2v) is 8.84. The molecular formula is C23H29ClIN5. The SMILES string of the molecule is CN=C(NCC1C2CCc3ccccc3C21)NC1CCN(c2ncccc2Cl)C1.I. The highest BCUT2D eigenvalue weighted by Crippen LogP contribution is 2.59. The van der Waals surface area contributed by atoms with Crippen LogP contribution in [0, 0.1) is 11.8 Å². The number of aromatic nitrogens is 1. The number of rotatable bonds is 4. The van der Waals surface area contributed by atoms with E-state index >= 15 is 0 Å². The number of benzene rings is 1. The van der Waals surface area contributed by atoms with Gasteiger partial charge in [0.1, 0.15) is 5.82 Å². The summed E-state index contributed by atoms with van der Waals surface area (Å²) in [7, 11) is 1.85. The highest BCUT2D eigenvalue weighted by Gasteiger charge is 2.52. The van der Waals surface area contributed by atoms with Gasteiger partial charge in [0.2, 0.25) is 0 Å². The van der Waals surface area contributed by atoms with E-state index in [0.29, 0.717) is 11.1 Å². The Morgan fingerprint density at radius 1 is 1.23 bits per heavy atom. The van der Waals surface area contributed by atoms with Gasteiger partial charge >= 0.3 is 0 Å². The van der Waals surface area contributed by atoms with Crippen molar-refractivity contribution in [1.29, 1.82) is 0 Å². The fourth-order valence-corrected chi connectivity index (χ4v) is 5.51. The molecular weight excluding hydrogens is 509 g/mol. The zero-order chi connectivity index (χ0) is 19.8. The second kappa shape index (κ2) is 9.30. The molecule has 0 amide bonds. The normalized spacial score (nSPS) is 27.0. The highest BCUT2D eigenvalue weighted by molar-refractivity contribution is 14.0. The maximum Gasteiger partial charge on any atom is 0.191 e. The van der Waals surface area contributed by atoms with Gasteiger partial charge in [0, 0.05) is 38.9 Å². The van der Waals surface area contributed by atoms with E-state index in [1.807, 2.05) is 19.2 Å². The molecule has 2 aliphatic carbocycles. The minimum Gasteiger partial charge on any atom is -0.356 e. The summed E-state index contributed by atoms with van der Waals surface area (Å²) in [6, 6.07) is 13.1. The lowest BCUT2D eigenvalue weighted by atomic mass is 9.92. The number of hydrogen-bond acceptors (Lipinski definition) is 3. The lowest BCUT2D eigenvalue weighted by molar-refractivity contribution is 0.606. The lowest BCUT2D eigenvalue weighted by Gasteiger charge is -2.20. The summed E-state index contributed by atoms with van der Waals surface area (Å²) in [6.07, 6.45) is 5.41. The number of pyridine rings is 1. The average molecular weight is 538 g/mol. The smallest absolute Gasteiger partial charge is 0.191 e. The zero-order valence-corrected chi connectivity index (χ0v) is 20.3. The topological polar surface area (TPSA) is 52.6 Å². The molecule has 2 fully saturated rings. The number of hydrogen-bond donors (Lipinski definition) is 2. The highest BCUT2D eigenvalue weighted by atomic mass is 127. The molecule has 1 aromatic heterocycles. The molecule has 1 aliphatic heterocycles. The fourth-order valence-electron chi connectivity index (χ4n) is 5.27. The van der Waals surface area contributed by atoms with Crippen LogP contribution < -0.4 is 15.5 Å². The molecule has 5 rings (SSSR count). The van der Waals surface area contributed by atoms with Crippen molar-refractivity contribution >= 4 is 47.4 Å². The van der Waals surface area contributed by atoms with E-state index in [1.165, 1.54) is 12.8 Å². The molecule has 7 heteroatoms. The molecule has 2 heterocycles. The first-order valence-electron chi connectivity index (χ1n) is 10.6. The van der Waals surface area contributed by atoms with Crippen molar-refractivity contribution < 1.29 is 0 Å². The Morgan fingerprint density at radius 3 is 2.93 bits per heavy atom. The third-order valence-electron chi connectivity index (χ3n) is 6.79. The summed E-state index contributed by atoms with van der Waals surface area (Å²) in [5.41, 5.74) is 3.13. The molecule has 0 radical (unpaired) electrons. The first-order chi connectivity index (χ1) is 14.2. The van der Waals surface area contributed by atoms with Gasteiger partial charge in [0.25, 0.3) is 0 Å². The van der Waals surface area contributed by atoms with E-state index in [2.05, 4.69) is 49.8 Å². The largest absolute Gasteiger partial charge is 0.356 e. The average Bonchev–Trinajstić information content (AvgIpc) is 3.28. The number of guanidine groups is 1. The van der Waals surface area contributed by atoms with Crippen molar-refractivity contribution in [1.82, 2.24) is 15.6 Å². The van der Waals surface area contributed by atoms with Crippen LogP contribution in [0.15, 0.2) is 47.6 Å². The van der Waals surface area contributed by atoms with Crippen LogP contribution in [0.4, 0.5) is 5.82 Å². The van der Waals surface area contributed by atoms with Crippen molar-refractivity contribution in [2.75, 3.05) is 31.6 Å². The van der Waals surface area contributed by atoms with Crippen LogP contribution in [0.3, 0.4) is 0 Å². The van der Waals surface area contributed by atoms with E-state index in [1.54, 1.807) is 17.3 Å². The Balaban J connectivity index is 0.00000218. The van der Waals surface area contributed by atoms with Crippen LogP contribution in [0.1, 0.15) is 29.9 Å². The molecule has 3 aliphatic rings. The van der Waals surface area contributed by atoms with Crippen molar-refractivity contribution in [3.05, 3.63) is 58.7 Å². The molecule has 160 valence electrons. The maximum absolute atomic E-state index is 6.31. The predicted octanol–water partition coefficient (Wildman–Crippen LogP) is 4.07. The number of aliphatic imine (C=N–C) groups is 1. The number of nitrogens with one attached hydrogen (secondary N) is 2. The molecule has 30 heavy (non-hydrogen) atoms. The van der Waals surface area contributed by atoms with Gasteiger partial charge in [0.05, 0.1) is 5.02 Å². The van der Waals surface area contributed by atoms with Gasteiger partial charge in [-0.1, -0.05) is 35.9 Å². The molecule has 1 saturated heterocycles. The van der Waals surface area contributed by atoms with Crippen molar-refractivity contribution in [3.8, 4) is 0 Å². The van der Waals surface area contributed by atoms with E-state index in [9.17, 15) is 0 Å². The van der Waals surface area contributed by atoms with Gasteiger partial charge in [-0.05, 0) is 60.3 Å². The van der Waals surface area contributed by atoms with Crippen LogP contribution in [-0.2, 0) is 6.42 Å². The van der Waals surface area contributed by atoms with E-state index in [4.69, 9.17) is 11.6 Å². The van der Waals surface area contributed by atoms with Crippen LogP contribution in [0.5, 0.6) is 0 Å². The molecule has 1 aromatic carbocycles.